The number of methoxy groups -OCH3 is 1. The van der Waals surface area contributed by atoms with Gasteiger partial charge in [-0.15, -0.1) is 0 Å². The van der Waals surface area contributed by atoms with Crippen molar-refractivity contribution in [1.29, 1.82) is 0 Å². The Labute approximate surface area is 144 Å². The lowest BCUT2D eigenvalue weighted by Crippen LogP contribution is -2.41. The molecule has 0 heterocycles. The fraction of sp³-hybridized carbons (Fsp3) is 0.350. The monoisotopic (exact) mass is 327 g/mol. The lowest BCUT2D eigenvalue weighted by molar-refractivity contribution is -0.144. The average Bonchev–Trinajstić information content (AvgIpc) is 2.59. The van der Waals surface area contributed by atoms with Gasteiger partial charge in [0.15, 0.2) is 6.04 Å². The number of para-hydroxylation sites is 1. The molecule has 0 aliphatic carbocycles. The third kappa shape index (κ3) is 4.36. The lowest BCUT2D eigenvalue weighted by atomic mass is 10.1. The Kier molecular flexibility index (Phi) is 6.38. The third-order valence-corrected chi connectivity index (χ3v) is 4.02. The van der Waals surface area contributed by atoms with E-state index in [4.69, 9.17) is 9.57 Å². The molecular weight excluding hydrogens is 302 g/mol. The van der Waals surface area contributed by atoms with Crippen molar-refractivity contribution in [2.45, 2.75) is 33.2 Å². The molecule has 24 heavy (non-hydrogen) atoms. The minimum Gasteiger partial charge on any atom is -0.467 e. The van der Waals surface area contributed by atoms with Crippen molar-refractivity contribution in [3.05, 3.63) is 65.2 Å². The van der Waals surface area contributed by atoms with Crippen molar-refractivity contribution in [2.24, 2.45) is 0 Å². The largest absolute Gasteiger partial charge is 0.467 e. The van der Waals surface area contributed by atoms with E-state index in [9.17, 15) is 4.79 Å². The molecule has 0 amide bonds. The van der Waals surface area contributed by atoms with Gasteiger partial charge in [0.1, 0.15) is 0 Å². The molecule has 4 nitrogen and oxygen atoms in total. The summed E-state index contributed by atoms with van der Waals surface area (Å²) in [5.74, 6) is -0.322. The topological polar surface area (TPSA) is 38.8 Å². The van der Waals surface area contributed by atoms with Crippen LogP contribution in [0.1, 0.15) is 23.6 Å². The molecule has 0 aromatic heterocycles. The highest BCUT2D eigenvalue weighted by molar-refractivity contribution is 5.79. The molecule has 1 atom stereocenters. The number of benzene rings is 2. The first-order valence-electron chi connectivity index (χ1n) is 8.14. The zero-order chi connectivity index (χ0) is 17.5. The second kappa shape index (κ2) is 8.50. The quantitative estimate of drug-likeness (QED) is 0.572. The third-order valence-electron chi connectivity index (χ3n) is 4.02. The van der Waals surface area contributed by atoms with Crippen LogP contribution in [0.15, 0.2) is 48.5 Å². The van der Waals surface area contributed by atoms with Crippen molar-refractivity contribution in [2.75, 3.05) is 18.8 Å². The number of carbonyl (C=O) groups is 1. The summed E-state index contributed by atoms with van der Waals surface area (Å²) in [5, 5.41) is 1.68. The Balaban J connectivity index is 2.18. The van der Waals surface area contributed by atoms with Crippen LogP contribution in [0.5, 0.6) is 0 Å². The van der Waals surface area contributed by atoms with E-state index in [1.807, 2.05) is 50.2 Å². The van der Waals surface area contributed by atoms with Crippen LogP contribution in [0, 0.1) is 13.8 Å². The molecule has 0 saturated heterocycles. The first-order valence-corrected chi connectivity index (χ1v) is 8.14. The number of nitrogens with zero attached hydrogens (tertiary/aromatic N) is 1. The summed E-state index contributed by atoms with van der Waals surface area (Å²) in [6.45, 7) is 6.30. The summed E-state index contributed by atoms with van der Waals surface area (Å²) < 4.78 is 4.90. The Bertz CT molecular complexity index is 650. The Morgan fingerprint density at radius 1 is 1.04 bits per heavy atom. The van der Waals surface area contributed by atoms with Gasteiger partial charge in [-0.3, -0.25) is 4.84 Å². The van der Waals surface area contributed by atoms with Crippen LogP contribution in [0.4, 0.5) is 5.69 Å². The summed E-state index contributed by atoms with van der Waals surface area (Å²) in [6.07, 6.45) is 0.774. The predicted octanol–water partition coefficient (Wildman–Crippen LogP) is 3.85. The van der Waals surface area contributed by atoms with Crippen LogP contribution in [-0.2, 0) is 20.8 Å². The van der Waals surface area contributed by atoms with Crippen LogP contribution in [0.2, 0.25) is 0 Å². The molecule has 0 bridgehead atoms. The Morgan fingerprint density at radius 3 is 2.25 bits per heavy atom. The van der Waals surface area contributed by atoms with Gasteiger partial charge >= 0.3 is 5.97 Å². The summed E-state index contributed by atoms with van der Waals surface area (Å²) in [4.78, 5) is 18.0. The van der Waals surface area contributed by atoms with Crippen LogP contribution < -0.4 is 5.06 Å². The zero-order valence-electron chi connectivity index (χ0n) is 14.8. The van der Waals surface area contributed by atoms with Gasteiger partial charge in [-0.1, -0.05) is 48.5 Å². The van der Waals surface area contributed by atoms with Gasteiger partial charge < -0.3 is 4.74 Å². The number of carbonyl (C=O) groups excluding carboxylic acids is 1. The van der Waals surface area contributed by atoms with E-state index in [2.05, 4.69) is 12.1 Å². The second-order valence-corrected chi connectivity index (χ2v) is 5.83. The van der Waals surface area contributed by atoms with Gasteiger partial charge in [0.25, 0.3) is 0 Å². The fourth-order valence-corrected chi connectivity index (χ4v) is 2.70. The van der Waals surface area contributed by atoms with Crippen LogP contribution in [0.3, 0.4) is 0 Å². The van der Waals surface area contributed by atoms with E-state index >= 15 is 0 Å². The highest BCUT2D eigenvalue weighted by Gasteiger charge is 2.26. The van der Waals surface area contributed by atoms with Gasteiger partial charge in [0, 0.05) is 0 Å². The molecule has 2 aromatic rings. The molecule has 0 radical (unpaired) electrons. The molecule has 2 rings (SSSR count). The lowest BCUT2D eigenvalue weighted by Gasteiger charge is -2.31. The van der Waals surface area contributed by atoms with Crippen molar-refractivity contribution >= 4 is 11.7 Å². The minimum absolute atomic E-state index is 0.322. The van der Waals surface area contributed by atoms with Crippen molar-refractivity contribution in [1.82, 2.24) is 0 Å². The van der Waals surface area contributed by atoms with E-state index in [-0.39, 0.29) is 5.97 Å². The summed E-state index contributed by atoms with van der Waals surface area (Å²) in [5.41, 5.74) is 4.24. The number of esters is 1. The maximum atomic E-state index is 12.0. The summed E-state index contributed by atoms with van der Waals surface area (Å²) in [6, 6.07) is 15.6. The first-order chi connectivity index (χ1) is 11.5. The number of hydroxylamine groups is 1. The van der Waals surface area contributed by atoms with Gasteiger partial charge in [0.2, 0.25) is 0 Å². The van der Waals surface area contributed by atoms with Crippen LogP contribution >= 0.6 is 0 Å². The molecule has 0 saturated carbocycles. The highest BCUT2D eigenvalue weighted by Crippen LogP contribution is 2.27. The van der Waals surface area contributed by atoms with E-state index in [1.165, 1.54) is 12.7 Å². The number of anilines is 1. The van der Waals surface area contributed by atoms with E-state index < -0.39 is 6.04 Å². The highest BCUT2D eigenvalue weighted by atomic mass is 16.7. The number of rotatable bonds is 7. The number of hydrogen-bond donors (Lipinski definition) is 0. The summed E-state index contributed by atoms with van der Waals surface area (Å²) >= 11 is 0. The SMILES string of the molecule is COC(=O)C(C)N(OCCc1ccccc1)c1c(C)cccc1C. The Hall–Kier alpha value is -2.33. The van der Waals surface area contributed by atoms with Crippen molar-refractivity contribution in [3.8, 4) is 0 Å². The number of aryl methyl sites for hydroxylation is 2. The molecule has 0 fully saturated rings. The fourth-order valence-electron chi connectivity index (χ4n) is 2.70. The van der Waals surface area contributed by atoms with Crippen molar-refractivity contribution < 1.29 is 14.4 Å². The molecule has 0 aliphatic rings. The standard InChI is InChI=1S/C20H25NO3/c1-15-9-8-10-16(2)19(15)21(17(3)20(22)23-4)24-14-13-18-11-6-5-7-12-18/h5-12,17H,13-14H2,1-4H3. The predicted molar refractivity (Wildman–Crippen MR) is 96.0 cm³/mol. The minimum atomic E-state index is -0.523. The molecule has 128 valence electrons. The van der Waals surface area contributed by atoms with E-state index in [0.29, 0.717) is 6.61 Å². The molecule has 1 unspecified atom stereocenters. The number of hydrogen-bond acceptors (Lipinski definition) is 4. The maximum absolute atomic E-state index is 12.0. The Morgan fingerprint density at radius 2 is 1.67 bits per heavy atom. The molecular formula is C20H25NO3. The first kappa shape index (κ1) is 18.0. The van der Waals surface area contributed by atoms with Gasteiger partial charge in [-0.2, -0.15) is 0 Å². The zero-order valence-corrected chi connectivity index (χ0v) is 14.8. The smallest absolute Gasteiger partial charge is 0.330 e. The number of ether oxygens (including phenoxy) is 1. The molecule has 0 N–H and O–H groups in total. The molecule has 2 aromatic carbocycles. The molecule has 0 spiro atoms. The van der Waals surface area contributed by atoms with Gasteiger partial charge in [0.05, 0.1) is 19.4 Å². The maximum Gasteiger partial charge on any atom is 0.330 e. The van der Waals surface area contributed by atoms with E-state index in [0.717, 1.165) is 23.2 Å². The molecule has 4 heteroatoms. The molecule has 0 aliphatic heterocycles. The van der Waals surface area contributed by atoms with E-state index in [1.54, 1.807) is 12.0 Å². The van der Waals surface area contributed by atoms with Crippen LogP contribution in [0.25, 0.3) is 0 Å². The van der Waals surface area contributed by atoms with Crippen molar-refractivity contribution in [3.63, 3.8) is 0 Å². The normalized spacial score (nSPS) is 11.8. The second-order valence-electron chi connectivity index (χ2n) is 5.83. The van der Waals surface area contributed by atoms with Crippen LogP contribution in [-0.4, -0.2) is 25.7 Å². The summed E-state index contributed by atoms with van der Waals surface area (Å²) in [7, 11) is 1.39. The average molecular weight is 327 g/mol. The van der Waals surface area contributed by atoms with Gasteiger partial charge in [-0.05, 0) is 43.9 Å². The van der Waals surface area contributed by atoms with Gasteiger partial charge in [-0.25, -0.2) is 9.86 Å².